The fourth-order valence-electron chi connectivity index (χ4n) is 2.97. The van der Waals surface area contributed by atoms with Crippen molar-refractivity contribution in [3.05, 3.63) is 59.3 Å². The summed E-state index contributed by atoms with van der Waals surface area (Å²) in [6, 6.07) is 10.9. The number of nitrogens with one attached hydrogen (secondary N) is 2. The Balaban J connectivity index is 1.71. The Hall–Kier alpha value is -4.34. The number of hydrogen-bond donors (Lipinski definition) is 2. The van der Waals surface area contributed by atoms with E-state index in [9.17, 15) is 24.3 Å². The highest BCUT2D eigenvalue weighted by molar-refractivity contribution is 6.16. The highest BCUT2D eigenvalue weighted by atomic mass is 16.5. The molecule has 1 fully saturated rings. The van der Waals surface area contributed by atoms with Gasteiger partial charge < -0.3 is 30.0 Å². The average molecular weight is 452 g/mol. The molecule has 2 aromatic rings. The molecule has 1 aliphatic rings. The molecule has 1 heterocycles. The number of nitrogens with zero attached hydrogens (tertiary/aromatic N) is 1. The number of methoxy groups -OCH3 is 1. The van der Waals surface area contributed by atoms with Crippen LogP contribution in [0.1, 0.15) is 18.1 Å². The van der Waals surface area contributed by atoms with Crippen molar-refractivity contribution in [3.8, 4) is 11.5 Å². The van der Waals surface area contributed by atoms with Crippen LogP contribution in [0.4, 0.5) is 10.5 Å². The van der Waals surface area contributed by atoms with Gasteiger partial charge in [0.15, 0.2) is 11.5 Å². The Morgan fingerprint density at radius 2 is 1.85 bits per heavy atom. The number of ether oxygens (including phenoxy) is 2. The summed E-state index contributed by atoms with van der Waals surface area (Å²) < 4.78 is 10.5. The molecule has 2 N–H and O–H groups in total. The van der Waals surface area contributed by atoms with Gasteiger partial charge in [0.2, 0.25) is 5.91 Å². The molecule has 2 aromatic carbocycles. The van der Waals surface area contributed by atoms with Gasteiger partial charge in [0, 0.05) is 5.69 Å². The van der Waals surface area contributed by atoms with E-state index in [2.05, 4.69) is 10.6 Å². The van der Waals surface area contributed by atoms with Crippen LogP contribution in [0.25, 0.3) is 6.08 Å². The van der Waals surface area contributed by atoms with Crippen molar-refractivity contribution < 1.29 is 33.8 Å². The van der Waals surface area contributed by atoms with Gasteiger partial charge in [0.25, 0.3) is 5.91 Å². The number of carboxylic acids is 1. The molecule has 0 bridgehead atoms. The number of hydrogen-bond acceptors (Lipinski definition) is 7. The highest BCUT2D eigenvalue weighted by Crippen LogP contribution is 2.30. The zero-order valence-corrected chi connectivity index (χ0v) is 18.2. The predicted molar refractivity (Wildman–Crippen MR) is 116 cm³/mol. The molecule has 0 aromatic heterocycles. The largest absolute Gasteiger partial charge is 0.546 e. The molecule has 0 aliphatic carbocycles. The maximum Gasteiger partial charge on any atom is 0.329 e. The molecular weight excluding hydrogens is 430 g/mol. The minimum atomic E-state index is -1.38. The topological polar surface area (TPSA) is 137 Å². The van der Waals surface area contributed by atoms with Gasteiger partial charge in [-0.25, -0.2) is 9.69 Å². The summed E-state index contributed by atoms with van der Waals surface area (Å²) in [6.07, 6.45) is 0.213. The van der Waals surface area contributed by atoms with Crippen molar-refractivity contribution in [2.75, 3.05) is 19.0 Å². The molecule has 1 atom stereocenters. The van der Waals surface area contributed by atoms with Crippen LogP contribution in [0, 0.1) is 6.92 Å². The van der Waals surface area contributed by atoms with E-state index in [1.54, 1.807) is 18.2 Å². The van der Waals surface area contributed by atoms with Crippen molar-refractivity contribution in [2.24, 2.45) is 0 Å². The Bertz CT molecular complexity index is 1130. The molecule has 1 saturated heterocycles. The second kappa shape index (κ2) is 9.86. The van der Waals surface area contributed by atoms with Gasteiger partial charge in [-0.15, -0.1) is 0 Å². The van der Waals surface area contributed by atoms with Gasteiger partial charge in [-0.3, -0.25) is 9.59 Å². The number of carboxylic acid groups (broad SMARTS) is 1. The van der Waals surface area contributed by atoms with Crippen LogP contribution in [0.2, 0.25) is 0 Å². The van der Waals surface area contributed by atoms with Crippen molar-refractivity contribution in [2.45, 2.75) is 20.0 Å². The van der Waals surface area contributed by atoms with Gasteiger partial charge in [-0.2, -0.15) is 0 Å². The SMILES string of the molecule is COc1cc(/C=C2/NC(=O)N(CC(=O)Nc3ccc(C)cc3)C2=O)ccc1O[C@H](C)C(=O)[O-]. The summed E-state index contributed by atoms with van der Waals surface area (Å²) >= 11 is 0. The Labute approximate surface area is 189 Å². The Morgan fingerprint density at radius 3 is 2.48 bits per heavy atom. The van der Waals surface area contributed by atoms with E-state index in [-0.39, 0.29) is 17.2 Å². The molecule has 0 unspecified atom stereocenters. The standard InChI is InChI=1S/C23H23N3O7/c1-13-4-7-16(8-5-13)24-20(27)12-26-21(28)17(25-23(26)31)10-15-6-9-18(19(11-15)32-3)33-14(2)22(29)30/h4-11,14H,12H2,1-3H3,(H,24,27)(H,25,31)(H,29,30)/p-1/b17-10+/t14-/m1/s1. The van der Waals surface area contributed by atoms with E-state index < -0.39 is 36.5 Å². The van der Waals surface area contributed by atoms with E-state index in [0.717, 1.165) is 10.5 Å². The average Bonchev–Trinajstić information content (AvgIpc) is 3.03. The number of aliphatic carboxylic acids is 1. The first kappa shape index (κ1) is 23.3. The van der Waals surface area contributed by atoms with Crippen LogP contribution in [0.5, 0.6) is 11.5 Å². The van der Waals surface area contributed by atoms with Crippen LogP contribution >= 0.6 is 0 Å². The smallest absolute Gasteiger partial charge is 0.329 e. The predicted octanol–water partition coefficient (Wildman–Crippen LogP) is 1.05. The molecule has 10 nitrogen and oxygen atoms in total. The van der Waals surface area contributed by atoms with Crippen molar-refractivity contribution in [1.29, 1.82) is 0 Å². The second-order valence-electron chi connectivity index (χ2n) is 7.28. The lowest BCUT2D eigenvalue weighted by molar-refractivity contribution is -0.312. The molecule has 172 valence electrons. The highest BCUT2D eigenvalue weighted by Gasteiger charge is 2.35. The fourth-order valence-corrected chi connectivity index (χ4v) is 2.97. The number of rotatable bonds is 8. The van der Waals surface area contributed by atoms with Crippen LogP contribution in [-0.2, 0) is 14.4 Å². The number of carbonyl (C=O) groups excluding carboxylic acids is 4. The molecule has 0 spiro atoms. The number of amides is 4. The summed E-state index contributed by atoms with van der Waals surface area (Å²) in [4.78, 5) is 48.9. The summed E-state index contributed by atoms with van der Waals surface area (Å²) in [5.74, 6) is -2.16. The first-order valence-corrected chi connectivity index (χ1v) is 9.94. The molecular formula is C23H22N3O7-. The van der Waals surface area contributed by atoms with E-state index in [0.29, 0.717) is 11.3 Å². The third-order valence-corrected chi connectivity index (χ3v) is 4.73. The van der Waals surface area contributed by atoms with Crippen LogP contribution in [0.3, 0.4) is 0 Å². The Kier molecular flexibility index (Phi) is 6.97. The van der Waals surface area contributed by atoms with E-state index in [4.69, 9.17) is 9.47 Å². The fraction of sp³-hybridized carbons (Fsp3) is 0.217. The van der Waals surface area contributed by atoms with Crippen LogP contribution in [-0.4, -0.2) is 48.5 Å². The van der Waals surface area contributed by atoms with E-state index in [1.165, 1.54) is 32.2 Å². The molecule has 0 radical (unpaired) electrons. The van der Waals surface area contributed by atoms with Crippen molar-refractivity contribution in [3.63, 3.8) is 0 Å². The maximum absolute atomic E-state index is 12.7. The summed E-state index contributed by atoms with van der Waals surface area (Å²) in [5.41, 5.74) is 2.04. The lowest BCUT2D eigenvalue weighted by Gasteiger charge is -2.17. The first-order chi connectivity index (χ1) is 15.7. The van der Waals surface area contributed by atoms with Gasteiger partial charge in [0.1, 0.15) is 18.3 Å². The summed E-state index contributed by atoms with van der Waals surface area (Å²) in [6.45, 7) is 2.78. The van der Waals surface area contributed by atoms with Crippen LogP contribution in [0.15, 0.2) is 48.2 Å². The Morgan fingerprint density at radius 1 is 1.15 bits per heavy atom. The van der Waals surface area contributed by atoms with E-state index >= 15 is 0 Å². The number of carbonyl (C=O) groups is 4. The molecule has 1 aliphatic heterocycles. The summed E-state index contributed by atoms with van der Waals surface area (Å²) in [7, 11) is 1.37. The zero-order valence-electron chi connectivity index (χ0n) is 18.2. The molecule has 4 amide bonds. The van der Waals surface area contributed by atoms with Crippen molar-refractivity contribution in [1.82, 2.24) is 10.2 Å². The number of benzene rings is 2. The lowest BCUT2D eigenvalue weighted by atomic mass is 10.1. The van der Waals surface area contributed by atoms with E-state index in [1.807, 2.05) is 19.1 Å². The molecule has 10 heteroatoms. The van der Waals surface area contributed by atoms with Crippen LogP contribution < -0.4 is 25.2 Å². The minimum Gasteiger partial charge on any atom is -0.546 e. The number of anilines is 1. The van der Waals surface area contributed by atoms with Crippen molar-refractivity contribution >= 4 is 35.6 Å². The molecule has 33 heavy (non-hydrogen) atoms. The van der Waals surface area contributed by atoms with Gasteiger partial charge in [-0.1, -0.05) is 23.8 Å². The third-order valence-electron chi connectivity index (χ3n) is 4.73. The third kappa shape index (κ3) is 5.67. The number of aryl methyl sites for hydroxylation is 1. The number of imide groups is 1. The normalized spacial score (nSPS) is 15.2. The molecule has 0 saturated carbocycles. The minimum absolute atomic E-state index is 0.0260. The second-order valence-corrected chi connectivity index (χ2v) is 7.28. The first-order valence-electron chi connectivity index (χ1n) is 9.94. The van der Waals surface area contributed by atoms with Gasteiger partial charge in [-0.05, 0) is 49.8 Å². The molecule has 3 rings (SSSR count). The quantitative estimate of drug-likeness (QED) is 0.451. The maximum atomic E-state index is 12.7. The lowest BCUT2D eigenvalue weighted by Crippen LogP contribution is -2.38. The van der Waals surface area contributed by atoms with Gasteiger partial charge >= 0.3 is 6.03 Å². The zero-order chi connectivity index (χ0) is 24.1. The summed E-state index contributed by atoms with van der Waals surface area (Å²) in [5, 5.41) is 16.0. The number of urea groups is 1. The monoisotopic (exact) mass is 452 g/mol. The van der Waals surface area contributed by atoms with Gasteiger partial charge in [0.05, 0.1) is 13.1 Å².